The Morgan fingerprint density at radius 1 is 1.12 bits per heavy atom. The molecule has 5 nitrogen and oxygen atoms in total. The van der Waals surface area contributed by atoms with E-state index in [1.54, 1.807) is 4.90 Å². The number of piperidine rings is 1. The summed E-state index contributed by atoms with van der Waals surface area (Å²) in [6.45, 7) is 2.89. The summed E-state index contributed by atoms with van der Waals surface area (Å²) in [7, 11) is 0. The first kappa shape index (κ1) is 16.9. The van der Waals surface area contributed by atoms with Crippen LogP contribution in [0.5, 0.6) is 5.75 Å². The molecule has 0 saturated carbocycles. The highest BCUT2D eigenvalue weighted by Gasteiger charge is 2.44. The van der Waals surface area contributed by atoms with Crippen LogP contribution in [0.4, 0.5) is 4.79 Å². The molecule has 2 aliphatic heterocycles. The third-order valence-electron chi connectivity index (χ3n) is 5.54. The Hall–Kier alpha value is -2.53. The average molecular weight is 352 g/mol. The number of nitrogens with two attached hydrogens (primary N) is 1. The molecule has 1 fully saturated rings. The number of hydrogen-bond acceptors (Lipinski definition) is 4. The van der Waals surface area contributed by atoms with Gasteiger partial charge in [-0.3, -0.25) is 0 Å². The Balaban J connectivity index is 1.38. The fraction of sp³-hybridized carbons (Fsp3) is 0.381. The van der Waals surface area contributed by atoms with E-state index in [-0.39, 0.29) is 11.5 Å². The van der Waals surface area contributed by atoms with E-state index in [0.717, 1.165) is 29.7 Å². The number of fused-ring (bicyclic) bond motifs is 2. The zero-order valence-electron chi connectivity index (χ0n) is 14.8. The Labute approximate surface area is 153 Å². The van der Waals surface area contributed by atoms with Crippen molar-refractivity contribution >= 4 is 6.09 Å². The minimum absolute atomic E-state index is 0.00325. The van der Waals surface area contributed by atoms with Gasteiger partial charge in [0.25, 0.3) is 0 Å². The predicted molar refractivity (Wildman–Crippen MR) is 98.9 cm³/mol. The van der Waals surface area contributed by atoms with Gasteiger partial charge in [-0.2, -0.15) is 0 Å². The van der Waals surface area contributed by atoms with Crippen LogP contribution in [0.1, 0.15) is 29.5 Å². The highest BCUT2D eigenvalue weighted by atomic mass is 16.6. The average Bonchev–Trinajstić information content (AvgIpc) is 3.05. The maximum absolute atomic E-state index is 12.4. The van der Waals surface area contributed by atoms with Gasteiger partial charge < -0.3 is 20.1 Å². The number of amides is 1. The third-order valence-corrected chi connectivity index (χ3v) is 5.54. The minimum atomic E-state index is -0.237. The van der Waals surface area contributed by atoms with Crippen LogP contribution in [0.25, 0.3) is 0 Å². The smallest absolute Gasteiger partial charge is 0.410 e. The van der Waals surface area contributed by atoms with E-state index in [0.29, 0.717) is 32.8 Å². The van der Waals surface area contributed by atoms with Gasteiger partial charge in [0.05, 0.1) is 6.61 Å². The van der Waals surface area contributed by atoms with Gasteiger partial charge in [0.2, 0.25) is 0 Å². The molecule has 2 aromatic rings. The van der Waals surface area contributed by atoms with Gasteiger partial charge in [-0.25, -0.2) is 4.79 Å². The van der Waals surface area contributed by atoms with Gasteiger partial charge in [-0.05, 0) is 30.0 Å². The lowest BCUT2D eigenvalue weighted by Gasteiger charge is -2.38. The Morgan fingerprint density at radius 3 is 2.62 bits per heavy atom. The molecule has 2 N–H and O–H groups in total. The van der Waals surface area contributed by atoms with E-state index in [2.05, 4.69) is 6.07 Å². The van der Waals surface area contributed by atoms with Crippen molar-refractivity contribution in [1.29, 1.82) is 0 Å². The van der Waals surface area contributed by atoms with E-state index < -0.39 is 0 Å². The SMILES string of the molecule is NCc1ccc2c(c1)C1(CCN(C(=O)OCc3ccccc3)CC1)CO2. The number of likely N-dealkylation sites (tertiary alicyclic amines) is 1. The lowest BCUT2D eigenvalue weighted by atomic mass is 9.74. The molecule has 0 bridgehead atoms. The van der Waals surface area contributed by atoms with E-state index in [1.807, 2.05) is 42.5 Å². The second-order valence-electron chi connectivity index (χ2n) is 7.13. The van der Waals surface area contributed by atoms with E-state index in [4.69, 9.17) is 15.2 Å². The summed E-state index contributed by atoms with van der Waals surface area (Å²) in [6.07, 6.45) is 1.53. The Bertz CT molecular complexity index is 783. The second-order valence-corrected chi connectivity index (χ2v) is 7.13. The number of rotatable bonds is 3. The number of carbonyl (C=O) groups is 1. The number of carbonyl (C=O) groups excluding carboxylic acids is 1. The molecule has 136 valence electrons. The van der Waals surface area contributed by atoms with Gasteiger partial charge >= 0.3 is 6.09 Å². The summed E-state index contributed by atoms with van der Waals surface area (Å²) >= 11 is 0. The number of ether oxygens (including phenoxy) is 2. The van der Waals surface area contributed by atoms with Gasteiger partial charge in [-0.15, -0.1) is 0 Å². The van der Waals surface area contributed by atoms with Crippen LogP contribution in [0, 0.1) is 0 Å². The molecule has 4 rings (SSSR count). The van der Waals surface area contributed by atoms with Crippen LogP contribution in [0.15, 0.2) is 48.5 Å². The molecule has 2 heterocycles. The van der Waals surface area contributed by atoms with Crippen molar-refractivity contribution in [3.8, 4) is 5.75 Å². The van der Waals surface area contributed by atoms with Crippen LogP contribution < -0.4 is 10.5 Å². The van der Waals surface area contributed by atoms with Gasteiger partial charge in [0, 0.05) is 30.6 Å². The standard InChI is InChI=1S/C21H24N2O3/c22-13-17-6-7-19-18(12-17)21(15-26-19)8-10-23(11-9-21)20(24)25-14-16-4-2-1-3-5-16/h1-7,12H,8-11,13-15,22H2. The lowest BCUT2D eigenvalue weighted by molar-refractivity contribution is 0.0734. The van der Waals surface area contributed by atoms with Crippen LogP contribution in [0.2, 0.25) is 0 Å². The molecule has 0 atom stereocenters. The summed E-state index contributed by atoms with van der Waals surface area (Å²) in [5.41, 5.74) is 9.16. The van der Waals surface area contributed by atoms with Crippen molar-refractivity contribution in [3.05, 3.63) is 65.2 Å². The largest absolute Gasteiger partial charge is 0.492 e. The van der Waals surface area contributed by atoms with Gasteiger partial charge in [-0.1, -0.05) is 42.5 Å². The van der Waals surface area contributed by atoms with Crippen molar-refractivity contribution in [1.82, 2.24) is 4.90 Å². The molecule has 0 unspecified atom stereocenters. The maximum Gasteiger partial charge on any atom is 0.410 e. The fourth-order valence-electron chi connectivity index (χ4n) is 3.88. The summed E-state index contributed by atoms with van der Waals surface area (Å²) in [5.74, 6) is 0.960. The van der Waals surface area contributed by atoms with Crippen LogP contribution >= 0.6 is 0 Å². The van der Waals surface area contributed by atoms with Gasteiger partial charge in [0.15, 0.2) is 0 Å². The Kier molecular flexibility index (Phi) is 4.55. The molecule has 0 aromatic heterocycles. The first-order valence-electron chi connectivity index (χ1n) is 9.12. The van der Waals surface area contributed by atoms with Crippen LogP contribution in [0.3, 0.4) is 0 Å². The Morgan fingerprint density at radius 2 is 1.88 bits per heavy atom. The van der Waals surface area contributed by atoms with Crippen molar-refractivity contribution < 1.29 is 14.3 Å². The maximum atomic E-state index is 12.4. The zero-order valence-corrected chi connectivity index (χ0v) is 14.8. The molecule has 0 aliphatic carbocycles. The molecular weight excluding hydrogens is 328 g/mol. The number of hydrogen-bond donors (Lipinski definition) is 1. The van der Waals surface area contributed by atoms with Crippen LogP contribution in [-0.2, 0) is 23.3 Å². The first-order chi connectivity index (χ1) is 12.7. The molecule has 1 spiro atoms. The van der Waals surface area contributed by atoms with E-state index >= 15 is 0 Å². The zero-order chi connectivity index (χ0) is 18.0. The van der Waals surface area contributed by atoms with Crippen molar-refractivity contribution in [2.75, 3.05) is 19.7 Å². The molecule has 1 saturated heterocycles. The molecule has 0 radical (unpaired) electrons. The number of benzene rings is 2. The molecule has 5 heteroatoms. The minimum Gasteiger partial charge on any atom is -0.492 e. The highest BCUT2D eigenvalue weighted by Crippen LogP contribution is 2.45. The fourth-order valence-corrected chi connectivity index (χ4v) is 3.88. The van der Waals surface area contributed by atoms with E-state index in [1.165, 1.54) is 5.56 Å². The monoisotopic (exact) mass is 352 g/mol. The predicted octanol–water partition coefficient (Wildman–Crippen LogP) is 3.21. The summed E-state index contributed by atoms with van der Waals surface area (Å²) in [4.78, 5) is 14.2. The third kappa shape index (κ3) is 3.15. The second kappa shape index (κ2) is 7.00. The topological polar surface area (TPSA) is 64.8 Å². The van der Waals surface area contributed by atoms with E-state index in [9.17, 15) is 4.79 Å². The normalized spacial score (nSPS) is 17.7. The summed E-state index contributed by atoms with van der Waals surface area (Å²) in [5, 5.41) is 0. The summed E-state index contributed by atoms with van der Waals surface area (Å²) < 4.78 is 11.4. The lowest BCUT2D eigenvalue weighted by Crippen LogP contribution is -2.46. The number of nitrogens with zero attached hydrogens (tertiary/aromatic N) is 1. The van der Waals surface area contributed by atoms with Gasteiger partial charge in [0.1, 0.15) is 12.4 Å². The van der Waals surface area contributed by atoms with Crippen molar-refractivity contribution in [2.24, 2.45) is 5.73 Å². The first-order valence-corrected chi connectivity index (χ1v) is 9.12. The van der Waals surface area contributed by atoms with Crippen LogP contribution in [-0.4, -0.2) is 30.7 Å². The van der Waals surface area contributed by atoms with Crippen molar-refractivity contribution in [3.63, 3.8) is 0 Å². The highest BCUT2D eigenvalue weighted by molar-refractivity contribution is 5.68. The molecular formula is C21H24N2O3. The molecule has 26 heavy (non-hydrogen) atoms. The molecule has 2 aromatic carbocycles. The summed E-state index contributed by atoms with van der Waals surface area (Å²) in [6, 6.07) is 16.0. The quantitative estimate of drug-likeness (QED) is 0.921. The van der Waals surface area contributed by atoms with Crippen molar-refractivity contribution in [2.45, 2.75) is 31.4 Å². The molecule has 1 amide bonds. The molecule has 2 aliphatic rings.